The summed E-state index contributed by atoms with van der Waals surface area (Å²) in [6, 6.07) is 18.3. The van der Waals surface area contributed by atoms with Gasteiger partial charge in [-0.25, -0.2) is 0 Å². The van der Waals surface area contributed by atoms with Crippen LogP contribution >= 0.6 is 11.8 Å². The van der Waals surface area contributed by atoms with Gasteiger partial charge in [-0.1, -0.05) is 62.0 Å². The average Bonchev–Trinajstić information content (AvgIpc) is 2.50. The summed E-state index contributed by atoms with van der Waals surface area (Å²) < 4.78 is 0. The van der Waals surface area contributed by atoms with E-state index in [1.165, 1.54) is 33.8 Å². The fourth-order valence-electron chi connectivity index (χ4n) is 3.02. The molecule has 0 aliphatic carbocycles. The number of benzene rings is 2. The highest BCUT2D eigenvalue weighted by atomic mass is 32.2. The lowest BCUT2D eigenvalue weighted by atomic mass is 9.87. The quantitative estimate of drug-likeness (QED) is 0.774. The Kier molecular flexibility index (Phi) is 4.67. The van der Waals surface area contributed by atoms with Crippen molar-refractivity contribution < 1.29 is 0 Å². The normalized spacial score (nSPS) is 14.0. The molecule has 0 spiro atoms. The Morgan fingerprint density at radius 1 is 0.952 bits per heavy atom. The lowest BCUT2D eigenvalue weighted by Gasteiger charge is -2.28. The summed E-state index contributed by atoms with van der Waals surface area (Å²) in [5.74, 6) is 0.549. The predicted molar refractivity (Wildman–Crippen MR) is 91.2 cm³/mol. The van der Waals surface area contributed by atoms with Crippen LogP contribution in [0.3, 0.4) is 0 Å². The van der Waals surface area contributed by atoms with Crippen molar-refractivity contribution in [1.82, 2.24) is 5.32 Å². The second kappa shape index (κ2) is 6.67. The van der Waals surface area contributed by atoms with Crippen molar-refractivity contribution >= 4 is 11.8 Å². The first-order valence-electron chi connectivity index (χ1n) is 7.85. The van der Waals surface area contributed by atoms with Gasteiger partial charge in [-0.3, -0.25) is 0 Å². The van der Waals surface area contributed by atoms with Crippen molar-refractivity contribution in [3.63, 3.8) is 0 Å². The van der Waals surface area contributed by atoms with Crippen molar-refractivity contribution in [3.8, 4) is 0 Å². The van der Waals surface area contributed by atoms with Gasteiger partial charge >= 0.3 is 0 Å². The van der Waals surface area contributed by atoms with Crippen LogP contribution < -0.4 is 5.32 Å². The van der Waals surface area contributed by atoms with E-state index in [1.807, 2.05) is 11.8 Å². The minimum absolute atomic E-state index is 0.549. The molecule has 2 heteroatoms. The third-order valence-corrected chi connectivity index (χ3v) is 5.21. The van der Waals surface area contributed by atoms with Gasteiger partial charge in [0.15, 0.2) is 0 Å². The second-order valence-electron chi connectivity index (χ2n) is 5.98. The molecule has 0 fully saturated rings. The van der Waals surface area contributed by atoms with E-state index in [0.717, 1.165) is 6.54 Å². The lowest BCUT2D eigenvalue weighted by Crippen LogP contribution is -2.24. The zero-order chi connectivity index (χ0) is 14.7. The Hall–Kier alpha value is -1.25. The molecule has 0 amide bonds. The first kappa shape index (κ1) is 14.7. The van der Waals surface area contributed by atoms with Crippen molar-refractivity contribution in [1.29, 1.82) is 0 Å². The van der Waals surface area contributed by atoms with Crippen molar-refractivity contribution in [2.75, 3.05) is 6.54 Å². The molecular formula is C19H23NS. The number of hydrogen-bond donors (Lipinski definition) is 1. The van der Waals surface area contributed by atoms with Gasteiger partial charge in [0.25, 0.3) is 0 Å². The molecule has 1 N–H and O–H groups in total. The van der Waals surface area contributed by atoms with Gasteiger partial charge < -0.3 is 5.32 Å². The standard InChI is InChI=1S/C19H23NS/c1-14(2)20-13-7-10-15-16-8-3-5-11-18(16)21-19-12-6-4-9-17(15)19/h3-6,8-9,11-12,14-15,20H,7,10,13H2,1-2H3. The molecule has 0 saturated heterocycles. The van der Waals surface area contributed by atoms with Gasteiger partial charge in [-0.05, 0) is 42.6 Å². The molecule has 3 rings (SSSR count). The van der Waals surface area contributed by atoms with Crippen molar-refractivity contribution in [2.45, 2.75) is 48.4 Å². The largest absolute Gasteiger partial charge is 0.315 e. The van der Waals surface area contributed by atoms with Crippen LogP contribution in [0.15, 0.2) is 58.3 Å². The topological polar surface area (TPSA) is 12.0 Å². The van der Waals surface area contributed by atoms with E-state index < -0.39 is 0 Å². The highest BCUT2D eigenvalue weighted by Gasteiger charge is 2.24. The predicted octanol–water partition coefficient (Wildman–Crippen LogP) is 5.06. The van der Waals surface area contributed by atoms with Gasteiger partial charge in [0.2, 0.25) is 0 Å². The average molecular weight is 297 g/mol. The van der Waals surface area contributed by atoms with Crippen molar-refractivity contribution in [2.24, 2.45) is 0 Å². The molecule has 1 heterocycles. The van der Waals surface area contributed by atoms with E-state index >= 15 is 0 Å². The minimum atomic E-state index is 0.549. The van der Waals surface area contributed by atoms with E-state index in [1.54, 1.807) is 0 Å². The number of hydrogen-bond acceptors (Lipinski definition) is 2. The number of rotatable bonds is 5. The molecule has 0 radical (unpaired) electrons. The first-order chi connectivity index (χ1) is 10.3. The fourth-order valence-corrected chi connectivity index (χ4v) is 4.20. The van der Waals surface area contributed by atoms with Crippen LogP contribution in [-0.4, -0.2) is 12.6 Å². The van der Waals surface area contributed by atoms with E-state index in [9.17, 15) is 0 Å². The Morgan fingerprint density at radius 3 is 2.10 bits per heavy atom. The van der Waals surface area contributed by atoms with Crippen LogP contribution in [0.25, 0.3) is 0 Å². The summed E-state index contributed by atoms with van der Waals surface area (Å²) in [7, 11) is 0. The van der Waals surface area contributed by atoms with Gasteiger partial charge in [0.1, 0.15) is 0 Å². The van der Waals surface area contributed by atoms with Gasteiger partial charge in [-0.15, -0.1) is 0 Å². The minimum Gasteiger partial charge on any atom is -0.315 e. The molecule has 0 bridgehead atoms. The first-order valence-corrected chi connectivity index (χ1v) is 8.66. The summed E-state index contributed by atoms with van der Waals surface area (Å²) in [5.41, 5.74) is 3.01. The van der Waals surface area contributed by atoms with Gasteiger partial charge in [-0.2, -0.15) is 0 Å². The summed E-state index contributed by atoms with van der Waals surface area (Å²) in [4.78, 5) is 2.86. The monoisotopic (exact) mass is 297 g/mol. The maximum absolute atomic E-state index is 3.53. The maximum Gasteiger partial charge on any atom is 0.0160 e. The van der Waals surface area contributed by atoms with E-state index in [-0.39, 0.29) is 0 Å². The Balaban J connectivity index is 1.81. The molecule has 21 heavy (non-hydrogen) atoms. The van der Waals surface area contributed by atoms with Gasteiger partial charge in [0.05, 0.1) is 0 Å². The molecule has 0 atom stereocenters. The molecule has 0 unspecified atom stereocenters. The molecule has 1 aliphatic rings. The molecule has 1 aliphatic heterocycles. The summed E-state index contributed by atoms with van der Waals surface area (Å²) in [5, 5.41) is 3.53. The highest BCUT2D eigenvalue weighted by molar-refractivity contribution is 7.99. The van der Waals surface area contributed by atoms with Crippen molar-refractivity contribution in [3.05, 3.63) is 59.7 Å². The molecule has 110 valence electrons. The molecule has 2 aromatic carbocycles. The second-order valence-corrected chi connectivity index (χ2v) is 7.07. The third kappa shape index (κ3) is 3.33. The molecule has 0 saturated carbocycles. The van der Waals surface area contributed by atoms with Crippen LogP contribution in [0.2, 0.25) is 0 Å². The van der Waals surface area contributed by atoms with Gasteiger partial charge in [0, 0.05) is 21.8 Å². The molecule has 1 nitrogen and oxygen atoms in total. The SMILES string of the molecule is CC(C)NCCCC1c2ccccc2Sc2ccccc21. The van der Waals surface area contributed by atoms with Crippen LogP contribution in [0.4, 0.5) is 0 Å². The Labute approximate surface area is 132 Å². The fraction of sp³-hybridized carbons (Fsp3) is 0.368. The summed E-state index contributed by atoms with van der Waals surface area (Å²) >= 11 is 1.91. The summed E-state index contributed by atoms with van der Waals surface area (Å²) in [6.07, 6.45) is 2.44. The smallest absolute Gasteiger partial charge is 0.0160 e. The Morgan fingerprint density at radius 2 is 1.52 bits per heavy atom. The third-order valence-electron chi connectivity index (χ3n) is 4.03. The molecular weight excluding hydrogens is 274 g/mol. The lowest BCUT2D eigenvalue weighted by molar-refractivity contribution is 0.539. The van der Waals surface area contributed by atoms with E-state index in [4.69, 9.17) is 0 Å². The van der Waals surface area contributed by atoms with Crippen LogP contribution in [0.5, 0.6) is 0 Å². The zero-order valence-corrected chi connectivity index (χ0v) is 13.6. The maximum atomic E-state index is 3.53. The molecule has 2 aromatic rings. The summed E-state index contributed by atoms with van der Waals surface area (Å²) in [6.45, 7) is 5.52. The van der Waals surface area contributed by atoms with E-state index in [0.29, 0.717) is 12.0 Å². The number of fused-ring (bicyclic) bond motifs is 2. The zero-order valence-electron chi connectivity index (χ0n) is 12.8. The highest BCUT2D eigenvalue weighted by Crippen LogP contribution is 2.47. The van der Waals surface area contributed by atoms with Crippen LogP contribution in [-0.2, 0) is 0 Å². The molecule has 0 aromatic heterocycles. The Bertz CT molecular complexity index is 561. The van der Waals surface area contributed by atoms with E-state index in [2.05, 4.69) is 67.7 Å². The number of nitrogens with one attached hydrogen (secondary N) is 1. The van der Waals surface area contributed by atoms with Crippen LogP contribution in [0.1, 0.15) is 43.7 Å². The van der Waals surface area contributed by atoms with Crippen LogP contribution in [0, 0.1) is 0 Å².